The van der Waals surface area contributed by atoms with Crippen molar-refractivity contribution in [1.29, 1.82) is 0 Å². The summed E-state index contributed by atoms with van der Waals surface area (Å²) in [5, 5.41) is 0. The van der Waals surface area contributed by atoms with Crippen LogP contribution in [0.1, 0.15) is 51.5 Å². The highest BCUT2D eigenvalue weighted by molar-refractivity contribution is 5.90. The minimum atomic E-state index is -0.248. The summed E-state index contributed by atoms with van der Waals surface area (Å²) in [5.41, 5.74) is 0.678. The van der Waals surface area contributed by atoms with Crippen molar-refractivity contribution in [2.45, 2.75) is 58.4 Å². The summed E-state index contributed by atoms with van der Waals surface area (Å²) < 4.78 is 13.7. The predicted octanol–water partition coefficient (Wildman–Crippen LogP) is 4.80. The molecule has 0 spiro atoms. The van der Waals surface area contributed by atoms with Crippen LogP contribution in [0.15, 0.2) is 36.4 Å². The third kappa shape index (κ3) is 2.75. The fraction of sp³-hybridized carbons (Fsp3) is 0.615. The highest BCUT2D eigenvalue weighted by Gasteiger charge is 2.62. The molecule has 1 aromatic rings. The number of carbonyl (C=O) groups excluding carboxylic acids is 2. The summed E-state index contributed by atoms with van der Waals surface area (Å²) >= 11 is 0. The lowest BCUT2D eigenvalue weighted by Gasteiger charge is -2.59. The predicted molar refractivity (Wildman–Crippen MR) is 114 cm³/mol. The Morgan fingerprint density at radius 2 is 1.93 bits per heavy atom. The van der Waals surface area contributed by atoms with Crippen molar-refractivity contribution < 1.29 is 14.0 Å². The molecule has 160 valence electrons. The summed E-state index contributed by atoms with van der Waals surface area (Å²) in [4.78, 5) is 27.7. The molecule has 3 aliphatic carbocycles. The number of hydrogen-bond donors (Lipinski definition) is 0. The number of hydrogen-bond acceptors (Lipinski definition) is 2. The average Bonchev–Trinajstić information content (AvgIpc) is 2.96. The minimum Gasteiger partial charge on any atom is -0.338 e. The first-order chi connectivity index (χ1) is 14.2. The largest absolute Gasteiger partial charge is 0.338 e. The maximum Gasteiger partial charge on any atom is 0.246 e. The van der Waals surface area contributed by atoms with Crippen LogP contribution >= 0.6 is 0 Å². The van der Waals surface area contributed by atoms with E-state index in [9.17, 15) is 14.0 Å². The Balaban J connectivity index is 1.43. The van der Waals surface area contributed by atoms with E-state index in [2.05, 4.69) is 19.9 Å². The van der Waals surface area contributed by atoms with E-state index < -0.39 is 0 Å². The summed E-state index contributed by atoms with van der Waals surface area (Å²) in [6.45, 7) is 4.53. The van der Waals surface area contributed by atoms with Crippen LogP contribution in [0, 0.1) is 40.3 Å². The Morgan fingerprint density at radius 1 is 1.13 bits per heavy atom. The van der Waals surface area contributed by atoms with Gasteiger partial charge in [-0.3, -0.25) is 9.59 Å². The molecule has 30 heavy (non-hydrogen) atoms. The Morgan fingerprint density at radius 3 is 2.70 bits per heavy atom. The number of rotatable bonds is 2. The van der Waals surface area contributed by atoms with Gasteiger partial charge in [-0.05, 0) is 80.1 Å². The fourth-order valence-electron chi connectivity index (χ4n) is 7.80. The lowest BCUT2D eigenvalue weighted by molar-refractivity contribution is -0.142. The van der Waals surface area contributed by atoms with Crippen molar-refractivity contribution in [3.63, 3.8) is 0 Å². The van der Waals surface area contributed by atoms with Gasteiger partial charge in [-0.2, -0.15) is 0 Å². The summed E-state index contributed by atoms with van der Waals surface area (Å²) in [6, 6.07) is 6.98. The van der Waals surface area contributed by atoms with Gasteiger partial charge in [0.05, 0.1) is 0 Å². The maximum absolute atomic E-state index is 13.7. The molecule has 1 aliphatic heterocycles. The maximum atomic E-state index is 13.7. The first-order valence-corrected chi connectivity index (χ1v) is 11.5. The average molecular weight is 410 g/mol. The Hall–Kier alpha value is -1.97. The Kier molecular flexibility index (Phi) is 4.50. The zero-order valence-corrected chi connectivity index (χ0v) is 18.2. The van der Waals surface area contributed by atoms with Gasteiger partial charge in [-0.1, -0.05) is 32.1 Å². The van der Waals surface area contributed by atoms with E-state index in [1.165, 1.54) is 6.07 Å². The minimum absolute atomic E-state index is 0.00257. The Bertz CT molecular complexity index is 925. The van der Waals surface area contributed by atoms with Gasteiger partial charge in [-0.25, -0.2) is 4.39 Å². The van der Waals surface area contributed by atoms with E-state index >= 15 is 0 Å². The van der Waals surface area contributed by atoms with Crippen LogP contribution in [0.4, 0.5) is 4.39 Å². The van der Waals surface area contributed by atoms with Crippen LogP contribution in [-0.2, 0) is 16.0 Å². The molecule has 1 aromatic carbocycles. The molecule has 4 heteroatoms. The van der Waals surface area contributed by atoms with Crippen LogP contribution in [0.5, 0.6) is 0 Å². The van der Waals surface area contributed by atoms with Gasteiger partial charge in [0.15, 0.2) is 0 Å². The van der Waals surface area contributed by atoms with Gasteiger partial charge in [0.25, 0.3) is 0 Å². The highest BCUT2D eigenvalue weighted by Crippen LogP contribution is 2.64. The summed E-state index contributed by atoms with van der Waals surface area (Å²) in [6.07, 6.45) is 9.61. The zero-order chi connectivity index (χ0) is 21.3. The number of halogens is 1. The van der Waals surface area contributed by atoms with Crippen molar-refractivity contribution in [3.8, 4) is 0 Å². The van der Waals surface area contributed by atoms with E-state index in [1.54, 1.807) is 18.2 Å². The number of nitrogens with zero attached hydrogens (tertiary/aromatic N) is 1. The van der Waals surface area contributed by atoms with Gasteiger partial charge in [0, 0.05) is 29.8 Å². The van der Waals surface area contributed by atoms with E-state index in [4.69, 9.17) is 0 Å². The molecule has 4 aliphatic rings. The molecule has 0 N–H and O–H groups in total. The van der Waals surface area contributed by atoms with Gasteiger partial charge >= 0.3 is 0 Å². The molecule has 3 fully saturated rings. The van der Waals surface area contributed by atoms with E-state index in [0.29, 0.717) is 30.0 Å². The van der Waals surface area contributed by atoms with Crippen LogP contribution < -0.4 is 0 Å². The standard InChI is InChI=1S/C26H32FNO2/c1-25-12-10-23(29)28(3)22(25)8-7-19-20(25)9-11-26(2)21(19)15-17(24(26)30)13-16-5-4-6-18(27)14-16/h4-6,10,12,14,17,19-22H,7-9,11,13,15H2,1-3H3/t17?,19-,20-,21+,22?,25-,26+/m1/s1. The van der Waals surface area contributed by atoms with Crippen LogP contribution in [0.3, 0.4) is 0 Å². The zero-order valence-electron chi connectivity index (χ0n) is 18.2. The number of amides is 1. The van der Waals surface area contributed by atoms with E-state index in [1.807, 2.05) is 18.0 Å². The lowest BCUT2D eigenvalue weighted by Crippen LogP contribution is -2.59. The quantitative estimate of drug-likeness (QED) is 0.703. The van der Waals surface area contributed by atoms with Crippen LogP contribution in [-0.4, -0.2) is 29.7 Å². The fourth-order valence-corrected chi connectivity index (χ4v) is 7.80. The van der Waals surface area contributed by atoms with Crippen molar-refractivity contribution in [3.05, 3.63) is 47.8 Å². The molecule has 3 saturated carbocycles. The van der Waals surface area contributed by atoms with Crippen molar-refractivity contribution in [2.24, 2.45) is 34.5 Å². The second-order valence-electron chi connectivity index (χ2n) is 10.7. The molecular formula is C26H32FNO2. The topological polar surface area (TPSA) is 37.4 Å². The van der Waals surface area contributed by atoms with E-state index in [0.717, 1.165) is 37.7 Å². The molecule has 1 amide bonds. The van der Waals surface area contributed by atoms with Crippen molar-refractivity contribution in [1.82, 2.24) is 4.90 Å². The number of fused-ring (bicyclic) bond motifs is 5. The first-order valence-electron chi connectivity index (χ1n) is 11.5. The molecule has 0 saturated heterocycles. The monoisotopic (exact) mass is 409 g/mol. The SMILES string of the molecule is CN1C(=O)C=C[C@@]2(C)C1CC[C@@H]1[C@H]2CC[C@]2(C)C(=O)C(Cc3cccc(F)c3)C[C@@H]12. The van der Waals surface area contributed by atoms with Gasteiger partial charge in [0.2, 0.25) is 5.91 Å². The molecule has 0 radical (unpaired) electrons. The lowest BCUT2D eigenvalue weighted by atomic mass is 9.48. The number of benzene rings is 1. The summed E-state index contributed by atoms with van der Waals surface area (Å²) in [5.74, 6) is 1.72. The first kappa shape index (κ1) is 20.0. The summed E-state index contributed by atoms with van der Waals surface area (Å²) in [7, 11) is 1.94. The smallest absolute Gasteiger partial charge is 0.246 e. The number of likely N-dealkylation sites (N-methyl/N-ethyl adjacent to an activating group) is 1. The number of ketones is 1. The number of carbonyl (C=O) groups is 2. The van der Waals surface area contributed by atoms with Crippen molar-refractivity contribution >= 4 is 11.7 Å². The third-order valence-corrected chi connectivity index (χ3v) is 9.36. The van der Waals surface area contributed by atoms with E-state index in [-0.39, 0.29) is 34.5 Å². The van der Waals surface area contributed by atoms with Crippen LogP contribution in [0.2, 0.25) is 0 Å². The molecule has 1 heterocycles. The van der Waals surface area contributed by atoms with Gasteiger partial charge in [0.1, 0.15) is 11.6 Å². The highest BCUT2D eigenvalue weighted by atomic mass is 19.1. The van der Waals surface area contributed by atoms with Gasteiger partial charge in [-0.15, -0.1) is 0 Å². The van der Waals surface area contributed by atoms with Gasteiger partial charge < -0.3 is 4.90 Å². The number of Topliss-reactive ketones (excluding diaryl/α,β-unsaturated/α-hetero) is 1. The molecule has 3 nitrogen and oxygen atoms in total. The normalized spacial score (nSPS) is 42.7. The molecule has 0 aromatic heterocycles. The Labute approximate surface area is 178 Å². The molecule has 5 rings (SSSR count). The second kappa shape index (κ2) is 6.77. The molecule has 2 unspecified atom stereocenters. The van der Waals surface area contributed by atoms with Crippen LogP contribution in [0.25, 0.3) is 0 Å². The molecule has 0 bridgehead atoms. The molecule has 7 atom stereocenters. The molecular weight excluding hydrogens is 377 g/mol. The second-order valence-corrected chi connectivity index (χ2v) is 10.7. The third-order valence-electron chi connectivity index (χ3n) is 9.36. The van der Waals surface area contributed by atoms with Crippen molar-refractivity contribution in [2.75, 3.05) is 7.05 Å².